The van der Waals surface area contributed by atoms with Crippen molar-refractivity contribution in [3.8, 4) is 0 Å². The molecule has 1 atom stereocenters. The number of hydrogen-bond acceptors (Lipinski definition) is 4. The fourth-order valence-electron chi connectivity index (χ4n) is 1.85. The minimum absolute atomic E-state index is 0.0341. The molecule has 0 aliphatic heterocycles. The predicted octanol–water partition coefficient (Wildman–Crippen LogP) is 3.15. The van der Waals surface area contributed by atoms with Crippen LogP contribution in [0.15, 0.2) is 28.8 Å². The molecule has 0 fully saturated rings. The number of nitrogens with one attached hydrogen (secondary N) is 1. The van der Waals surface area contributed by atoms with Crippen LogP contribution in [-0.2, 0) is 4.79 Å². The van der Waals surface area contributed by atoms with Gasteiger partial charge in [0.25, 0.3) is 5.91 Å². The van der Waals surface area contributed by atoms with E-state index in [4.69, 9.17) is 16.1 Å². The predicted molar refractivity (Wildman–Crippen MR) is 79.8 cm³/mol. The van der Waals surface area contributed by atoms with Gasteiger partial charge < -0.3 is 14.9 Å². The number of carbonyl (C=O) groups is 2. The topological polar surface area (TPSA) is 92.4 Å². The molecule has 1 heterocycles. The van der Waals surface area contributed by atoms with E-state index in [9.17, 15) is 19.1 Å². The van der Waals surface area contributed by atoms with Gasteiger partial charge in [0.15, 0.2) is 11.7 Å². The number of hydrogen-bond donors (Lipinski definition) is 2. The Balaban J connectivity index is 2.23. The lowest BCUT2D eigenvalue weighted by molar-refractivity contribution is -0.139. The average molecular weight is 341 g/mol. The number of carboxylic acid groups (broad SMARTS) is 1. The molecule has 8 heteroatoms. The van der Waals surface area contributed by atoms with Crippen LogP contribution in [0.5, 0.6) is 0 Å². The molecule has 0 spiro atoms. The molecule has 0 aliphatic rings. The molecular weight excluding hydrogens is 327 g/mol. The highest BCUT2D eigenvalue weighted by Gasteiger charge is 2.25. The van der Waals surface area contributed by atoms with Gasteiger partial charge in [0, 0.05) is 12.0 Å². The van der Waals surface area contributed by atoms with Crippen LogP contribution in [0.1, 0.15) is 47.6 Å². The molecule has 1 amide bonds. The van der Waals surface area contributed by atoms with Gasteiger partial charge in [-0.25, -0.2) is 9.18 Å². The van der Waals surface area contributed by atoms with Crippen molar-refractivity contribution in [1.29, 1.82) is 0 Å². The van der Waals surface area contributed by atoms with E-state index in [2.05, 4.69) is 10.5 Å². The number of aliphatic carboxylic acids is 1. The van der Waals surface area contributed by atoms with Gasteiger partial charge in [-0.2, -0.15) is 0 Å². The van der Waals surface area contributed by atoms with Crippen molar-refractivity contribution in [2.45, 2.75) is 25.8 Å². The van der Waals surface area contributed by atoms with E-state index in [0.717, 1.165) is 12.1 Å². The van der Waals surface area contributed by atoms with E-state index in [1.807, 2.05) is 13.8 Å². The summed E-state index contributed by atoms with van der Waals surface area (Å²) in [6.07, 6.45) is 0. The second kappa shape index (κ2) is 6.78. The van der Waals surface area contributed by atoms with Crippen LogP contribution in [0.2, 0.25) is 5.02 Å². The Kier molecular flexibility index (Phi) is 5.00. The molecule has 0 radical (unpaired) electrons. The summed E-state index contributed by atoms with van der Waals surface area (Å²) in [5.74, 6) is -2.16. The largest absolute Gasteiger partial charge is 0.479 e. The second-order valence-corrected chi connectivity index (χ2v) is 5.59. The summed E-state index contributed by atoms with van der Waals surface area (Å²) in [6.45, 7) is 3.73. The lowest BCUT2D eigenvalue weighted by Gasteiger charge is -2.14. The number of rotatable bonds is 5. The Hall–Kier alpha value is -2.41. The van der Waals surface area contributed by atoms with Crippen LogP contribution in [0.3, 0.4) is 0 Å². The van der Waals surface area contributed by atoms with Crippen molar-refractivity contribution in [3.05, 3.63) is 52.1 Å². The number of amides is 1. The van der Waals surface area contributed by atoms with E-state index in [1.54, 1.807) is 0 Å². The van der Waals surface area contributed by atoms with Crippen LogP contribution in [0.25, 0.3) is 0 Å². The molecule has 1 unspecified atom stereocenters. The van der Waals surface area contributed by atoms with Gasteiger partial charge >= 0.3 is 5.97 Å². The van der Waals surface area contributed by atoms with Crippen LogP contribution < -0.4 is 5.32 Å². The third-order valence-electron chi connectivity index (χ3n) is 3.13. The fourth-order valence-corrected chi connectivity index (χ4v) is 2.04. The Morgan fingerprint density at radius 1 is 1.35 bits per heavy atom. The van der Waals surface area contributed by atoms with Gasteiger partial charge in [0.05, 0.1) is 5.02 Å². The van der Waals surface area contributed by atoms with Crippen LogP contribution >= 0.6 is 11.6 Å². The van der Waals surface area contributed by atoms with Crippen molar-refractivity contribution in [2.75, 3.05) is 0 Å². The third kappa shape index (κ3) is 3.87. The van der Waals surface area contributed by atoms with E-state index in [0.29, 0.717) is 5.76 Å². The summed E-state index contributed by atoms with van der Waals surface area (Å²) in [4.78, 5) is 23.5. The number of halogens is 2. The molecule has 1 aromatic carbocycles. The lowest BCUT2D eigenvalue weighted by Crippen LogP contribution is -2.34. The van der Waals surface area contributed by atoms with Crippen LogP contribution in [0.4, 0.5) is 4.39 Å². The van der Waals surface area contributed by atoms with Gasteiger partial charge in [0.1, 0.15) is 11.6 Å². The van der Waals surface area contributed by atoms with Gasteiger partial charge in [-0.15, -0.1) is 0 Å². The zero-order chi connectivity index (χ0) is 17.1. The first kappa shape index (κ1) is 17.0. The Labute approximate surface area is 136 Å². The highest BCUT2D eigenvalue weighted by molar-refractivity contribution is 6.30. The lowest BCUT2D eigenvalue weighted by atomic mass is 10.1. The normalized spacial score (nSPS) is 12.2. The van der Waals surface area contributed by atoms with Gasteiger partial charge in [-0.3, -0.25) is 4.79 Å². The Morgan fingerprint density at radius 3 is 2.57 bits per heavy atom. The van der Waals surface area contributed by atoms with E-state index < -0.39 is 23.7 Å². The SMILES string of the molecule is CC(C)c1cc(C(=O)NC(C(=O)O)c2ccc(F)c(Cl)c2)no1. The molecule has 1 aromatic heterocycles. The Morgan fingerprint density at radius 2 is 2.04 bits per heavy atom. The van der Waals surface area contributed by atoms with E-state index >= 15 is 0 Å². The summed E-state index contributed by atoms with van der Waals surface area (Å²) >= 11 is 5.65. The fraction of sp³-hybridized carbons (Fsp3) is 0.267. The van der Waals surface area contributed by atoms with Crippen molar-refractivity contribution < 1.29 is 23.6 Å². The molecule has 0 bridgehead atoms. The average Bonchev–Trinajstić information content (AvgIpc) is 2.97. The van der Waals surface area contributed by atoms with Crippen LogP contribution in [0, 0.1) is 5.82 Å². The molecular formula is C15H14ClFN2O4. The van der Waals surface area contributed by atoms with Gasteiger partial charge in [-0.1, -0.05) is 36.7 Å². The van der Waals surface area contributed by atoms with Gasteiger partial charge in [-0.05, 0) is 17.7 Å². The molecule has 0 aliphatic carbocycles. The minimum Gasteiger partial charge on any atom is -0.479 e. The number of aromatic nitrogens is 1. The summed E-state index contributed by atoms with van der Waals surface area (Å²) in [5.41, 5.74) is 0.109. The number of benzene rings is 1. The summed E-state index contributed by atoms with van der Waals surface area (Å²) < 4.78 is 18.2. The van der Waals surface area contributed by atoms with Crippen LogP contribution in [-0.4, -0.2) is 22.1 Å². The molecule has 2 rings (SSSR count). The quantitative estimate of drug-likeness (QED) is 0.872. The maximum absolute atomic E-state index is 13.2. The van der Waals surface area contributed by atoms with Crippen molar-refractivity contribution in [1.82, 2.24) is 10.5 Å². The second-order valence-electron chi connectivity index (χ2n) is 5.19. The van der Waals surface area contributed by atoms with Gasteiger partial charge in [0.2, 0.25) is 0 Å². The molecule has 2 aromatic rings. The standard InChI is InChI=1S/C15H14ClFN2O4/c1-7(2)12-6-11(19-23-12)14(20)18-13(15(21)22)8-3-4-10(17)9(16)5-8/h3-7,13H,1-2H3,(H,18,20)(H,21,22). The summed E-state index contributed by atoms with van der Waals surface area (Å²) in [7, 11) is 0. The molecule has 2 N–H and O–H groups in total. The first-order valence-electron chi connectivity index (χ1n) is 6.74. The first-order chi connectivity index (χ1) is 10.8. The Bertz CT molecular complexity index is 745. The zero-order valence-electron chi connectivity index (χ0n) is 12.3. The van der Waals surface area contributed by atoms with Crippen molar-refractivity contribution in [2.24, 2.45) is 0 Å². The first-order valence-corrected chi connectivity index (χ1v) is 7.12. The molecule has 23 heavy (non-hydrogen) atoms. The summed E-state index contributed by atoms with van der Waals surface area (Å²) in [6, 6.07) is 3.48. The molecule has 0 saturated carbocycles. The number of carboxylic acids is 1. The number of nitrogens with zero attached hydrogens (tertiary/aromatic N) is 1. The third-order valence-corrected chi connectivity index (χ3v) is 3.42. The monoisotopic (exact) mass is 340 g/mol. The van der Waals surface area contributed by atoms with E-state index in [1.165, 1.54) is 12.1 Å². The summed E-state index contributed by atoms with van der Waals surface area (Å²) in [5, 5.41) is 15.0. The number of carbonyl (C=O) groups excluding carboxylic acids is 1. The maximum Gasteiger partial charge on any atom is 0.330 e. The molecule has 6 nitrogen and oxygen atoms in total. The highest BCUT2D eigenvalue weighted by atomic mass is 35.5. The molecule has 0 saturated heterocycles. The van der Waals surface area contributed by atoms with Crippen molar-refractivity contribution >= 4 is 23.5 Å². The molecule has 122 valence electrons. The highest BCUT2D eigenvalue weighted by Crippen LogP contribution is 2.22. The smallest absolute Gasteiger partial charge is 0.330 e. The maximum atomic E-state index is 13.2. The zero-order valence-corrected chi connectivity index (χ0v) is 13.1. The van der Waals surface area contributed by atoms with Crippen molar-refractivity contribution in [3.63, 3.8) is 0 Å². The minimum atomic E-state index is -1.39. The van der Waals surface area contributed by atoms with E-state index in [-0.39, 0.29) is 22.2 Å².